The lowest BCUT2D eigenvalue weighted by Gasteiger charge is -2.19. The van der Waals surface area contributed by atoms with E-state index in [1.807, 2.05) is 6.92 Å². The number of fused-ring (bicyclic) bond motifs is 1. The van der Waals surface area contributed by atoms with Crippen molar-refractivity contribution in [1.82, 2.24) is 4.98 Å². The number of rotatable bonds is 4. The Labute approximate surface area is 124 Å². The lowest BCUT2D eigenvalue weighted by Crippen LogP contribution is -2.21. The second-order valence-electron chi connectivity index (χ2n) is 6.44. The third-order valence-corrected chi connectivity index (χ3v) is 4.38. The zero-order valence-corrected chi connectivity index (χ0v) is 13.6. The number of anilines is 1. The van der Waals surface area contributed by atoms with Crippen molar-refractivity contribution in [2.75, 3.05) is 18.5 Å². The van der Waals surface area contributed by atoms with Crippen LogP contribution >= 0.6 is 11.3 Å². The number of thiazole rings is 1. The predicted molar refractivity (Wildman–Crippen MR) is 82.4 cm³/mol. The average molecular weight is 296 g/mol. The molecule has 1 unspecified atom stereocenters. The maximum Gasteiger partial charge on any atom is 0.315 e. The fourth-order valence-electron chi connectivity index (χ4n) is 2.31. The molecule has 2 rings (SSSR count). The Morgan fingerprint density at radius 1 is 1.50 bits per heavy atom. The first kappa shape index (κ1) is 15.3. The second-order valence-corrected chi connectivity index (χ2v) is 7.52. The van der Waals surface area contributed by atoms with Crippen molar-refractivity contribution in [2.45, 2.75) is 52.9 Å². The highest BCUT2D eigenvalue weighted by molar-refractivity contribution is 7.15. The van der Waals surface area contributed by atoms with E-state index in [2.05, 4.69) is 31.1 Å². The molecule has 1 aliphatic rings. The van der Waals surface area contributed by atoms with Crippen LogP contribution in [0.25, 0.3) is 0 Å². The van der Waals surface area contributed by atoms with Gasteiger partial charge in [0.05, 0.1) is 12.3 Å². The topological polar surface area (TPSA) is 51.2 Å². The van der Waals surface area contributed by atoms with Crippen molar-refractivity contribution in [3.63, 3.8) is 0 Å². The zero-order valence-electron chi connectivity index (χ0n) is 12.8. The quantitative estimate of drug-likeness (QED) is 0.863. The molecule has 1 aromatic rings. The lowest BCUT2D eigenvalue weighted by molar-refractivity contribution is -0.145. The van der Waals surface area contributed by atoms with Crippen LogP contribution in [-0.2, 0) is 16.0 Å². The first-order chi connectivity index (χ1) is 9.40. The summed E-state index contributed by atoms with van der Waals surface area (Å²) in [5.41, 5.74) is 1.16. The van der Waals surface area contributed by atoms with Crippen LogP contribution in [0.15, 0.2) is 0 Å². The monoisotopic (exact) mass is 296 g/mol. The molecule has 0 fully saturated rings. The van der Waals surface area contributed by atoms with Crippen molar-refractivity contribution in [1.29, 1.82) is 0 Å². The second kappa shape index (κ2) is 6.12. The first-order valence-corrected chi connectivity index (χ1v) is 8.12. The molecule has 0 aliphatic heterocycles. The number of aromatic nitrogens is 1. The van der Waals surface area contributed by atoms with E-state index >= 15 is 0 Å². The molecular formula is C15H24N2O2S. The summed E-state index contributed by atoms with van der Waals surface area (Å²) in [5.74, 6) is -0.291. The minimum atomic E-state index is -0.167. The first-order valence-electron chi connectivity index (χ1n) is 7.31. The van der Waals surface area contributed by atoms with E-state index in [0.717, 1.165) is 36.6 Å². The van der Waals surface area contributed by atoms with Gasteiger partial charge in [-0.1, -0.05) is 20.8 Å². The predicted octanol–water partition coefficient (Wildman–Crippen LogP) is 3.58. The van der Waals surface area contributed by atoms with Crippen LogP contribution in [0.5, 0.6) is 0 Å². The number of nitrogens with zero attached hydrogens (tertiary/aromatic N) is 1. The highest BCUT2D eigenvalue weighted by Gasteiger charge is 2.31. The van der Waals surface area contributed by atoms with E-state index in [0.29, 0.717) is 6.61 Å². The highest BCUT2D eigenvalue weighted by Crippen LogP contribution is 2.37. The molecule has 0 bridgehead atoms. The molecule has 0 saturated carbocycles. The van der Waals surface area contributed by atoms with Crippen molar-refractivity contribution >= 4 is 22.4 Å². The van der Waals surface area contributed by atoms with E-state index in [9.17, 15) is 4.79 Å². The summed E-state index contributed by atoms with van der Waals surface area (Å²) in [4.78, 5) is 17.9. The molecule has 0 spiro atoms. The van der Waals surface area contributed by atoms with E-state index in [-0.39, 0.29) is 17.3 Å². The minimum absolute atomic E-state index is 0.124. The number of carbonyl (C=O) groups is 1. The molecule has 1 atom stereocenters. The van der Waals surface area contributed by atoms with Gasteiger partial charge in [0, 0.05) is 11.4 Å². The van der Waals surface area contributed by atoms with E-state index in [4.69, 9.17) is 4.74 Å². The number of esters is 1. The number of aryl methyl sites for hydroxylation is 1. The van der Waals surface area contributed by atoms with E-state index in [1.54, 1.807) is 11.3 Å². The minimum Gasteiger partial charge on any atom is -0.465 e. The summed E-state index contributed by atoms with van der Waals surface area (Å²) in [6.45, 7) is 9.73. The van der Waals surface area contributed by atoms with Gasteiger partial charge in [-0.3, -0.25) is 4.79 Å². The molecule has 0 amide bonds. The molecule has 20 heavy (non-hydrogen) atoms. The molecule has 0 aromatic carbocycles. The maximum atomic E-state index is 12.0. The fraction of sp³-hybridized carbons (Fsp3) is 0.733. The van der Waals surface area contributed by atoms with Gasteiger partial charge in [0.2, 0.25) is 0 Å². The van der Waals surface area contributed by atoms with Crippen LogP contribution in [0.3, 0.4) is 0 Å². The number of nitrogens with one attached hydrogen (secondary N) is 1. The summed E-state index contributed by atoms with van der Waals surface area (Å²) in [5, 5.41) is 4.32. The molecule has 0 saturated heterocycles. The van der Waals surface area contributed by atoms with Crippen LogP contribution in [0.4, 0.5) is 5.13 Å². The van der Waals surface area contributed by atoms with Crippen LogP contribution < -0.4 is 5.32 Å². The van der Waals surface area contributed by atoms with Gasteiger partial charge < -0.3 is 10.1 Å². The Hall–Kier alpha value is -1.10. The van der Waals surface area contributed by atoms with E-state index < -0.39 is 0 Å². The molecular weight excluding hydrogens is 272 g/mol. The number of carbonyl (C=O) groups excluding carboxylic acids is 1. The Morgan fingerprint density at radius 2 is 2.25 bits per heavy atom. The average Bonchev–Trinajstić information content (AvgIpc) is 2.78. The van der Waals surface area contributed by atoms with E-state index in [1.165, 1.54) is 4.88 Å². The van der Waals surface area contributed by atoms with Crippen LogP contribution in [-0.4, -0.2) is 24.1 Å². The van der Waals surface area contributed by atoms with Crippen molar-refractivity contribution in [3.05, 3.63) is 10.6 Å². The van der Waals surface area contributed by atoms with Gasteiger partial charge in [0.1, 0.15) is 5.92 Å². The molecule has 1 heterocycles. The fourth-order valence-corrected chi connectivity index (χ4v) is 3.37. The standard InChI is InChI=1S/C15H24N2O2S/c1-5-19-13(18)10-7-6-8-11-12(10)17-14(20-11)16-9-15(2,3)4/h10H,5-9H2,1-4H3,(H,16,17). The maximum absolute atomic E-state index is 12.0. The summed E-state index contributed by atoms with van der Waals surface area (Å²) in [7, 11) is 0. The molecule has 1 aliphatic carbocycles. The number of hydrogen-bond acceptors (Lipinski definition) is 5. The van der Waals surface area contributed by atoms with Crippen molar-refractivity contribution in [2.24, 2.45) is 5.41 Å². The van der Waals surface area contributed by atoms with Crippen LogP contribution in [0, 0.1) is 5.41 Å². The van der Waals surface area contributed by atoms with Gasteiger partial charge in [0.15, 0.2) is 5.13 Å². The Balaban J connectivity index is 2.12. The number of hydrogen-bond donors (Lipinski definition) is 1. The molecule has 0 radical (unpaired) electrons. The van der Waals surface area contributed by atoms with Crippen molar-refractivity contribution in [3.8, 4) is 0 Å². The number of ether oxygens (including phenoxy) is 1. The van der Waals surface area contributed by atoms with Gasteiger partial charge in [-0.05, 0) is 31.6 Å². The Bertz CT molecular complexity index is 477. The third-order valence-electron chi connectivity index (χ3n) is 3.30. The molecule has 5 heteroatoms. The largest absolute Gasteiger partial charge is 0.465 e. The molecule has 4 nitrogen and oxygen atoms in total. The van der Waals surface area contributed by atoms with Gasteiger partial charge in [-0.25, -0.2) is 4.98 Å². The SMILES string of the molecule is CCOC(=O)C1CCCc2sc(NCC(C)(C)C)nc21. The summed E-state index contributed by atoms with van der Waals surface area (Å²) in [6, 6.07) is 0. The molecule has 1 N–H and O–H groups in total. The smallest absolute Gasteiger partial charge is 0.315 e. The van der Waals surface area contributed by atoms with Gasteiger partial charge >= 0.3 is 5.97 Å². The van der Waals surface area contributed by atoms with Gasteiger partial charge in [-0.2, -0.15) is 0 Å². The Kier molecular flexibility index (Phi) is 4.68. The van der Waals surface area contributed by atoms with Crippen molar-refractivity contribution < 1.29 is 9.53 Å². The summed E-state index contributed by atoms with van der Waals surface area (Å²) < 4.78 is 5.17. The third kappa shape index (κ3) is 3.72. The Morgan fingerprint density at radius 3 is 2.90 bits per heavy atom. The van der Waals surface area contributed by atoms with Gasteiger partial charge in [-0.15, -0.1) is 11.3 Å². The molecule has 112 valence electrons. The summed E-state index contributed by atoms with van der Waals surface area (Å²) >= 11 is 1.69. The lowest BCUT2D eigenvalue weighted by atomic mass is 9.91. The zero-order chi connectivity index (χ0) is 14.8. The van der Waals surface area contributed by atoms with Crippen LogP contribution in [0.2, 0.25) is 0 Å². The summed E-state index contributed by atoms with van der Waals surface area (Å²) in [6.07, 6.45) is 2.92. The molecule has 1 aromatic heterocycles. The van der Waals surface area contributed by atoms with Gasteiger partial charge in [0.25, 0.3) is 0 Å². The normalized spacial score (nSPS) is 18.5. The van der Waals surface area contributed by atoms with Crippen LogP contribution in [0.1, 0.15) is 57.0 Å². The highest BCUT2D eigenvalue weighted by atomic mass is 32.1.